The van der Waals surface area contributed by atoms with Crippen molar-refractivity contribution < 1.29 is 18.8 Å². The van der Waals surface area contributed by atoms with Gasteiger partial charge in [0.1, 0.15) is 6.04 Å². The van der Waals surface area contributed by atoms with Gasteiger partial charge in [-0.3, -0.25) is 4.79 Å². The van der Waals surface area contributed by atoms with Gasteiger partial charge in [-0.25, -0.2) is 4.79 Å². The van der Waals surface area contributed by atoms with Crippen molar-refractivity contribution in [1.29, 1.82) is 0 Å². The van der Waals surface area contributed by atoms with Gasteiger partial charge in [0.25, 0.3) is 5.91 Å². The van der Waals surface area contributed by atoms with Gasteiger partial charge in [0.15, 0.2) is 8.32 Å². The van der Waals surface area contributed by atoms with Crippen LogP contribution in [-0.4, -0.2) is 50.9 Å². The fourth-order valence-corrected chi connectivity index (χ4v) is 5.02. The molecule has 0 bridgehead atoms. The summed E-state index contributed by atoms with van der Waals surface area (Å²) in [5.74, 6) is -0.563. The van der Waals surface area contributed by atoms with Gasteiger partial charge >= 0.3 is 5.97 Å². The van der Waals surface area contributed by atoms with E-state index in [-0.39, 0.29) is 17.0 Å². The molecule has 1 fully saturated rings. The predicted octanol–water partition coefficient (Wildman–Crippen LogP) is 5.13. The van der Waals surface area contributed by atoms with Gasteiger partial charge in [-0.2, -0.15) is 0 Å². The molecule has 1 aliphatic rings. The molecule has 1 saturated heterocycles. The molecule has 0 aromatic heterocycles. The van der Waals surface area contributed by atoms with Crippen LogP contribution in [0.5, 0.6) is 0 Å². The Labute approximate surface area is 186 Å². The van der Waals surface area contributed by atoms with E-state index >= 15 is 0 Å². The van der Waals surface area contributed by atoms with Gasteiger partial charge in [-0.05, 0) is 41.4 Å². The summed E-state index contributed by atoms with van der Waals surface area (Å²) in [5.41, 5.74) is 2.70. The summed E-state index contributed by atoms with van der Waals surface area (Å²) >= 11 is 0. The number of hydrogen-bond donors (Lipinski definition) is 0. The molecular weight excluding hydrogens is 406 g/mol. The molecular formula is C25H33NO4Si. The third kappa shape index (κ3) is 5.07. The number of likely N-dealkylation sites (tertiary alicyclic amines) is 1. The SMILES string of the molecule is COC(=O)[C@@H]1C[C@@H](O[Si](C)(C)C(C)(C)C)CN1C(=O)c1ccc(-c2ccccc2)cc1. The van der Waals surface area contributed by atoms with Gasteiger partial charge in [-0.15, -0.1) is 0 Å². The normalized spacial score (nSPS) is 19.4. The standard InChI is InChI=1S/C25H33NO4Si/c1-25(2,3)31(5,6)30-21-16-22(24(28)29-4)26(17-21)23(27)20-14-12-19(13-15-20)18-10-8-7-9-11-18/h7-15,21-22H,16-17H2,1-6H3/t21-,22+/m1/s1. The highest BCUT2D eigenvalue weighted by atomic mass is 28.4. The van der Waals surface area contributed by atoms with Crippen LogP contribution in [0.1, 0.15) is 37.6 Å². The number of rotatable bonds is 5. The number of esters is 1. The predicted molar refractivity (Wildman–Crippen MR) is 125 cm³/mol. The zero-order valence-electron chi connectivity index (χ0n) is 19.3. The number of carbonyl (C=O) groups excluding carboxylic acids is 2. The molecule has 0 radical (unpaired) electrons. The molecule has 0 aliphatic carbocycles. The third-order valence-electron chi connectivity index (χ3n) is 6.50. The molecule has 1 heterocycles. The second-order valence-corrected chi connectivity index (χ2v) is 14.4. The van der Waals surface area contributed by atoms with Crippen LogP contribution >= 0.6 is 0 Å². The first-order valence-corrected chi connectivity index (χ1v) is 13.7. The first-order valence-electron chi connectivity index (χ1n) is 10.8. The minimum atomic E-state index is -2.02. The average Bonchev–Trinajstić information content (AvgIpc) is 3.15. The average molecular weight is 440 g/mol. The van der Waals surface area contributed by atoms with Crippen LogP contribution in [0.3, 0.4) is 0 Å². The largest absolute Gasteiger partial charge is 0.467 e. The lowest BCUT2D eigenvalue weighted by molar-refractivity contribution is -0.145. The summed E-state index contributed by atoms with van der Waals surface area (Å²) in [7, 11) is -0.660. The molecule has 5 nitrogen and oxygen atoms in total. The minimum Gasteiger partial charge on any atom is -0.467 e. The molecule has 2 atom stereocenters. The van der Waals surface area contributed by atoms with Crippen LogP contribution in [0.15, 0.2) is 54.6 Å². The zero-order chi connectivity index (χ0) is 22.8. The molecule has 1 amide bonds. The highest BCUT2D eigenvalue weighted by Gasteiger charge is 2.46. The van der Waals surface area contributed by atoms with Gasteiger partial charge in [0.2, 0.25) is 0 Å². The number of hydrogen-bond acceptors (Lipinski definition) is 4. The smallest absolute Gasteiger partial charge is 0.328 e. The Morgan fingerprint density at radius 1 is 0.968 bits per heavy atom. The second-order valence-electron chi connectivity index (χ2n) is 9.68. The van der Waals surface area contributed by atoms with Gasteiger partial charge in [-0.1, -0.05) is 63.2 Å². The second kappa shape index (κ2) is 8.97. The molecule has 0 N–H and O–H groups in total. The molecule has 166 valence electrons. The molecule has 0 unspecified atom stereocenters. The summed E-state index contributed by atoms with van der Waals surface area (Å²) in [6.45, 7) is 11.3. The van der Waals surface area contributed by atoms with Crippen LogP contribution < -0.4 is 0 Å². The van der Waals surface area contributed by atoms with E-state index in [1.807, 2.05) is 54.6 Å². The van der Waals surface area contributed by atoms with Gasteiger partial charge < -0.3 is 14.1 Å². The van der Waals surface area contributed by atoms with Crippen LogP contribution in [0, 0.1) is 0 Å². The summed E-state index contributed by atoms with van der Waals surface area (Å²) in [6.07, 6.45) is 0.296. The van der Waals surface area contributed by atoms with E-state index in [1.54, 1.807) is 4.90 Å². The number of nitrogens with zero attached hydrogens (tertiary/aromatic N) is 1. The van der Waals surface area contributed by atoms with E-state index in [4.69, 9.17) is 9.16 Å². The first kappa shape index (κ1) is 23.2. The van der Waals surface area contributed by atoms with Crippen molar-refractivity contribution in [2.45, 2.75) is 57.5 Å². The first-order chi connectivity index (χ1) is 14.5. The van der Waals surface area contributed by atoms with Crippen molar-refractivity contribution in [2.75, 3.05) is 13.7 Å². The van der Waals surface area contributed by atoms with Crippen LogP contribution in [0.4, 0.5) is 0 Å². The lowest BCUT2D eigenvalue weighted by atomic mass is 10.0. The molecule has 6 heteroatoms. The van der Waals surface area contributed by atoms with Gasteiger partial charge in [0.05, 0.1) is 13.2 Å². The Kier molecular flexibility index (Phi) is 6.72. The van der Waals surface area contributed by atoms with Crippen molar-refractivity contribution in [3.05, 3.63) is 60.2 Å². The monoisotopic (exact) mass is 439 g/mol. The van der Waals surface area contributed by atoms with E-state index in [1.165, 1.54) is 7.11 Å². The Bertz CT molecular complexity index is 919. The highest BCUT2D eigenvalue weighted by molar-refractivity contribution is 6.74. The number of benzene rings is 2. The van der Waals surface area contributed by atoms with E-state index in [0.717, 1.165) is 11.1 Å². The van der Waals surface area contributed by atoms with E-state index in [0.29, 0.717) is 18.5 Å². The Balaban J connectivity index is 1.80. The summed E-state index contributed by atoms with van der Waals surface area (Å²) < 4.78 is 11.5. The maximum Gasteiger partial charge on any atom is 0.328 e. The van der Waals surface area contributed by atoms with Crippen LogP contribution in [-0.2, 0) is 14.0 Å². The zero-order valence-corrected chi connectivity index (χ0v) is 20.3. The van der Waals surface area contributed by atoms with E-state index < -0.39 is 20.3 Å². The molecule has 1 aliphatic heterocycles. The maximum atomic E-state index is 13.3. The van der Waals surface area contributed by atoms with Crippen molar-refractivity contribution >= 4 is 20.2 Å². The highest BCUT2D eigenvalue weighted by Crippen LogP contribution is 2.39. The molecule has 31 heavy (non-hydrogen) atoms. The number of carbonyl (C=O) groups is 2. The topological polar surface area (TPSA) is 55.8 Å². The number of amides is 1. The van der Waals surface area contributed by atoms with Crippen LogP contribution in [0.2, 0.25) is 18.1 Å². The molecule has 3 rings (SSSR count). The minimum absolute atomic E-state index is 0.0540. The maximum absolute atomic E-state index is 13.3. The molecule has 2 aromatic rings. The molecule has 2 aromatic carbocycles. The fraction of sp³-hybridized carbons (Fsp3) is 0.440. The van der Waals surface area contributed by atoms with E-state index in [2.05, 4.69) is 33.9 Å². The molecule has 0 spiro atoms. The molecule has 0 saturated carbocycles. The van der Waals surface area contributed by atoms with Crippen LogP contribution in [0.25, 0.3) is 11.1 Å². The van der Waals surface area contributed by atoms with Crippen molar-refractivity contribution in [3.8, 4) is 11.1 Å². The third-order valence-corrected chi connectivity index (χ3v) is 11.0. The summed E-state index contributed by atoms with van der Waals surface area (Å²) in [5, 5.41) is 0.0540. The Hall–Kier alpha value is -2.44. The number of methoxy groups -OCH3 is 1. The van der Waals surface area contributed by atoms with Crippen molar-refractivity contribution in [1.82, 2.24) is 4.90 Å². The Morgan fingerprint density at radius 2 is 1.55 bits per heavy atom. The van der Waals surface area contributed by atoms with Crippen molar-refractivity contribution in [2.24, 2.45) is 0 Å². The van der Waals surface area contributed by atoms with E-state index in [9.17, 15) is 9.59 Å². The summed E-state index contributed by atoms with van der Waals surface area (Å²) in [4.78, 5) is 27.4. The number of ether oxygens (including phenoxy) is 1. The lowest BCUT2D eigenvalue weighted by Crippen LogP contribution is -2.45. The van der Waals surface area contributed by atoms with Crippen molar-refractivity contribution in [3.63, 3.8) is 0 Å². The Morgan fingerprint density at radius 3 is 2.10 bits per heavy atom. The quantitative estimate of drug-likeness (QED) is 0.479. The summed E-state index contributed by atoms with van der Waals surface area (Å²) in [6, 6.07) is 16.9. The fourth-order valence-electron chi connectivity index (χ4n) is 3.66. The van der Waals surface area contributed by atoms with Gasteiger partial charge in [0, 0.05) is 18.5 Å². The lowest BCUT2D eigenvalue weighted by Gasteiger charge is -2.38.